The van der Waals surface area contributed by atoms with E-state index in [1.807, 2.05) is 0 Å². The van der Waals surface area contributed by atoms with Crippen molar-refractivity contribution in [3.8, 4) is 0 Å². The number of carbonyl (C=O) groups is 2. The van der Waals surface area contributed by atoms with Crippen molar-refractivity contribution in [2.24, 2.45) is 10.8 Å². The summed E-state index contributed by atoms with van der Waals surface area (Å²) >= 11 is 0. The molecule has 0 amide bonds. The number of esters is 2. The van der Waals surface area contributed by atoms with Gasteiger partial charge in [0.25, 0.3) is 0 Å². The van der Waals surface area contributed by atoms with Gasteiger partial charge in [0.2, 0.25) is 0 Å². The number of epoxide rings is 1. The Morgan fingerprint density at radius 1 is 1.00 bits per heavy atom. The topological polar surface area (TPSA) is 133 Å². The molecule has 7 rings (SSSR count). The van der Waals surface area contributed by atoms with Crippen LogP contribution in [0.4, 0.5) is 0 Å². The predicted octanol–water partition coefficient (Wildman–Crippen LogP) is 1.40. The summed E-state index contributed by atoms with van der Waals surface area (Å²) in [6.07, 6.45) is 6.94. The predicted molar refractivity (Wildman–Crippen MR) is 133 cm³/mol. The summed E-state index contributed by atoms with van der Waals surface area (Å²) in [4.78, 5) is 26.4. The van der Waals surface area contributed by atoms with Gasteiger partial charge in [-0.3, -0.25) is 0 Å². The van der Waals surface area contributed by atoms with E-state index < -0.39 is 58.6 Å². The lowest BCUT2D eigenvalue weighted by Crippen LogP contribution is -2.66. The Labute approximate surface area is 226 Å². The Balaban J connectivity index is 1.32. The SMILES string of the molecule is CC1=CC2OC3CC4OC(=O)C=CC=CC56OCCC(=CC(=O)OCC2(CC1)C4(C)C31CO1)C5OC(O)C6O. The van der Waals surface area contributed by atoms with Crippen molar-refractivity contribution in [1.29, 1.82) is 0 Å². The molecule has 0 aromatic rings. The molecule has 210 valence electrons. The van der Waals surface area contributed by atoms with E-state index in [2.05, 4.69) is 19.9 Å². The average molecular weight is 543 g/mol. The summed E-state index contributed by atoms with van der Waals surface area (Å²) in [6.45, 7) is 4.93. The lowest BCUT2D eigenvalue weighted by Gasteiger charge is -2.58. The van der Waals surface area contributed by atoms with E-state index in [0.29, 0.717) is 31.4 Å². The molecule has 7 aliphatic rings. The highest BCUT2D eigenvalue weighted by atomic mass is 16.7. The van der Waals surface area contributed by atoms with Crippen molar-refractivity contribution in [1.82, 2.24) is 0 Å². The van der Waals surface area contributed by atoms with E-state index in [9.17, 15) is 19.8 Å². The monoisotopic (exact) mass is 542 g/mol. The first kappa shape index (κ1) is 25.6. The highest BCUT2D eigenvalue weighted by Crippen LogP contribution is 2.72. The third-order valence-electron chi connectivity index (χ3n) is 10.4. The summed E-state index contributed by atoms with van der Waals surface area (Å²) in [5.41, 5.74) is -1.58. The van der Waals surface area contributed by atoms with Gasteiger partial charge in [0.05, 0.1) is 30.8 Å². The van der Waals surface area contributed by atoms with Crippen molar-refractivity contribution >= 4 is 11.9 Å². The lowest BCUT2D eigenvalue weighted by atomic mass is 9.51. The van der Waals surface area contributed by atoms with Crippen LogP contribution in [0, 0.1) is 10.8 Å². The fourth-order valence-corrected chi connectivity index (χ4v) is 8.14. The molecule has 1 saturated carbocycles. The second-order valence-corrected chi connectivity index (χ2v) is 12.1. The van der Waals surface area contributed by atoms with Gasteiger partial charge in [-0.15, -0.1) is 0 Å². The minimum absolute atomic E-state index is 0.0562. The standard InChI is InChI=1S/C29H34O10/c1-16-6-9-27-14-34-22(31)12-17-7-10-35-28(23(32)25(33)39-24(17)28)8-4-3-5-21(30)38-18-13-20(37-19(27)11-16)29(15-36-29)26(18,27)2/h3-5,8,11-12,18-20,23-25,32-33H,6-7,9-10,13-15H2,1-2H3. The van der Waals surface area contributed by atoms with Gasteiger partial charge < -0.3 is 38.6 Å². The average Bonchev–Trinajstić information content (AvgIpc) is 3.64. The molecule has 10 unspecified atom stereocenters. The van der Waals surface area contributed by atoms with E-state index in [1.165, 1.54) is 23.8 Å². The van der Waals surface area contributed by atoms with E-state index in [1.54, 1.807) is 12.2 Å². The van der Waals surface area contributed by atoms with Crippen LogP contribution in [0.3, 0.4) is 0 Å². The number of carbonyl (C=O) groups excluding carboxylic acids is 2. The number of rotatable bonds is 0. The van der Waals surface area contributed by atoms with Gasteiger partial charge in [0.1, 0.15) is 36.1 Å². The van der Waals surface area contributed by atoms with Crippen LogP contribution < -0.4 is 0 Å². The zero-order chi connectivity index (χ0) is 27.2. The van der Waals surface area contributed by atoms with Gasteiger partial charge in [-0.2, -0.15) is 0 Å². The molecule has 0 aromatic carbocycles. The maximum atomic E-state index is 13.3. The third kappa shape index (κ3) is 3.36. The van der Waals surface area contributed by atoms with Gasteiger partial charge >= 0.3 is 11.9 Å². The van der Waals surface area contributed by atoms with Crippen LogP contribution in [0.2, 0.25) is 0 Å². The molecule has 5 fully saturated rings. The summed E-state index contributed by atoms with van der Waals surface area (Å²) in [6, 6.07) is 0. The van der Waals surface area contributed by atoms with Crippen LogP contribution in [-0.4, -0.2) is 90.0 Å². The van der Waals surface area contributed by atoms with Crippen LogP contribution >= 0.6 is 0 Å². The second-order valence-electron chi connectivity index (χ2n) is 12.1. The summed E-state index contributed by atoms with van der Waals surface area (Å²) in [5.74, 6) is -1.08. The first-order valence-corrected chi connectivity index (χ1v) is 13.7. The molecule has 2 N–H and O–H groups in total. The van der Waals surface area contributed by atoms with Crippen molar-refractivity contribution in [2.45, 2.75) is 87.5 Å². The number of aliphatic hydroxyl groups is 2. The molecule has 0 aromatic heterocycles. The largest absolute Gasteiger partial charge is 0.462 e. The second kappa shape index (κ2) is 8.58. The molecule has 5 aliphatic heterocycles. The van der Waals surface area contributed by atoms with Crippen LogP contribution in [-0.2, 0) is 38.0 Å². The molecule has 39 heavy (non-hydrogen) atoms. The molecule has 0 radical (unpaired) electrons. The zero-order valence-corrected chi connectivity index (χ0v) is 22.0. The molecule has 4 bridgehead atoms. The highest BCUT2D eigenvalue weighted by molar-refractivity contribution is 5.83. The molecule has 2 spiro atoms. The van der Waals surface area contributed by atoms with E-state index in [0.717, 1.165) is 6.42 Å². The highest BCUT2D eigenvalue weighted by Gasteiger charge is 2.83. The maximum Gasteiger partial charge on any atom is 0.331 e. The minimum Gasteiger partial charge on any atom is -0.462 e. The minimum atomic E-state index is -1.51. The fraction of sp³-hybridized carbons (Fsp3) is 0.655. The van der Waals surface area contributed by atoms with Crippen molar-refractivity contribution in [2.75, 3.05) is 19.8 Å². The van der Waals surface area contributed by atoms with E-state index in [4.69, 9.17) is 28.4 Å². The summed E-state index contributed by atoms with van der Waals surface area (Å²) in [5, 5.41) is 21.1. The number of allylic oxidation sites excluding steroid dienone is 3. The molecule has 10 atom stereocenters. The number of cyclic esters (lactones) is 1. The molecular weight excluding hydrogens is 508 g/mol. The lowest BCUT2D eigenvalue weighted by molar-refractivity contribution is -0.232. The Bertz CT molecular complexity index is 1210. The maximum absolute atomic E-state index is 13.3. The Hall–Kier alpha value is -2.34. The first-order chi connectivity index (χ1) is 18.7. The number of ether oxygens (including phenoxy) is 6. The Morgan fingerprint density at radius 2 is 1.82 bits per heavy atom. The van der Waals surface area contributed by atoms with Crippen molar-refractivity contribution in [3.05, 3.63) is 47.6 Å². The number of hydrogen-bond donors (Lipinski definition) is 2. The smallest absolute Gasteiger partial charge is 0.331 e. The normalized spacial score (nSPS) is 50.5. The van der Waals surface area contributed by atoms with Crippen LogP contribution in [0.1, 0.15) is 39.5 Å². The molecule has 10 heteroatoms. The van der Waals surface area contributed by atoms with Gasteiger partial charge in [-0.05, 0) is 37.8 Å². The molecule has 4 saturated heterocycles. The van der Waals surface area contributed by atoms with Crippen molar-refractivity contribution in [3.63, 3.8) is 0 Å². The molecule has 5 heterocycles. The molecular formula is C29H34O10. The summed E-state index contributed by atoms with van der Waals surface area (Å²) in [7, 11) is 0. The molecule has 2 aliphatic carbocycles. The van der Waals surface area contributed by atoms with E-state index in [-0.39, 0.29) is 25.4 Å². The fourth-order valence-electron chi connectivity index (χ4n) is 8.14. The first-order valence-electron chi connectivity index (χ1n) is 13.7. The third-order valence-corrected chi connectivity index (χ3v) is 10.4. The van der Waals surface area contributed by atoms with Gasteiger partial charge in [0, 0.05) is 24.0 Å². The quantitative estimate of drug-likeness (QED) is 0.263. The van der Waals surface area contributed by atoms with Gasteiger partial charge in [-0.1, -0.05) is 30.7 Å². The molecule has 10 nitrogen and oxygen atoms in total. The Kier molecular flexibility index (Phi) is 5.64. The van der Waals surface area contributed by atoms with Crippen LogP contribution in [0.15, 0.2) is 47.6 Å². The van der Waals surface area contributed by atoms with Gasteiger partial charge in [-0.25, -0.2) is 9.59 Å². The number of hydrogen-bond acceptors (Lipinski definition) is 10. The zero-order valence-electron chi connectivity index (χ0n) is 22.0. The van der Waals surface area contributed by atoms with Gasteiger partial charge in [0.15, 0.2) is 6.29 Å². The summed E-state index contributed by atoms with van der Waals surface area (Å²) < 4.78 is 36.5. The van der Waals surface area contributed by atoms with Crippen molar-refractivity contribution < 1.29 is 48.2 Å². The number of aliphatic hydroxyl groups excluding tert-OH is 2. The van der Waals surface area contributed by atoms with E-state index >= 15 is 0 Å². The van der Waals surface area contributed by atoms with Crippen LogP contribution in [0.25, 0.3) is 0 Å². The van der Waals surface area contributed by atoms with Crippen LogP contribution in [0.5, 0.6) is 0 Å². The Morgan fingerprint density at radius 3 is 2.62 bits per heavy atom.